The molecule has 0 spiro atoms. The van der Waals surface area contributed by atoms with E-state index < -0.39 is 17.8 Å². The van der Waals surface area contributed by atoms with Gasteiger partial charge in [0.1, 0.15) is 6.54 Å². The summed E-state index contributed by atoms with van der Waals surface area (Å²) < 4.78 is 44.2. The Balaban J connectivity index is 2.04. The number of hydrogen-bond donors (Lipinski definition) is 1. The minimum Gasteiger partial charge on any atom is -0.379 e. The lowest BCUT2D eigenvalue weighted by Crippen LogP contribution is -2.49. The highest BCUT2D eigenvalue weighted by Gasteiger charge is 2.38. The third kappa shape index (κ3) is 3.95. The van der Waals surface area contributed by atoms with Crippen LogP contribution in [0.2, 0.25) is 0 Å². The van der Waals surface area contributed by atoms with E-state index in [1.165, 1.54) is 6.92 Å². The highest BCUT2D eigenvalue weighted by molar-refractivity contribution is 9.10. The summed E-state index contributed by atoms with van der Waals surface area (Å²) >= 11 is 2.86. The molecule has 21 heavy (non-hydrogen) atoms. The van der Waals surface area contributed by atoms with Crippen LogP contribution >= 0.6 is 15.9 Å². The Bertz CT molecular complexity index is 526. The Kier molecular flexibility index (Phi) is 4.89. The lowest BCUT2D eigenvalue weighted by atomic mass is 10.3. The first-order chi connectivity index (χ1) is 9.79. The van der Waals surface area contributed by atoms with Gasteiger partial charge < -0.3 is 4.74 Å². The van der Waals surface area contributed by atoms with Crippen LogP contribution in [0, 0.1) is 6.92 Å². The van der Waals surface area contributed by atoms with Crippen molar-refractivity contribution in [3.05, 3.63) is 15.9 Å². The minimum atomic E-state index is -4.56. The summed E-state index contributed by atoms with van der Waals surface area (Å²) in [5.74, 6) is -0.427. The van der Waals surface area contributed by atoms with E-state index in [0.717, 1.165) is 4.68 Å². The number of nitrogens with one attached hydrogen (secondary N) is 1. The average molecular weight is 371 g/mol. The molecule has 1 aliphatic rings. The average Bonchev–Trinajstić information content (AvgIpc) is 2.68. The molecular weight excluding hydrogens is 357 g/mol. The Morgan fingerprint density at radius 3 is 2.57 bits per heavy atom. The van der Waals surface area contributed by atoms with Gasteiger partial charge in [0.05, 0.1) is 23.4 Å². The topological polar surface area (TPSA) is 59.4 Å². The highest BCUT2D eigenvalue weighted by atomic mass is 79.9. The van der Waals surface area contributed by atoms with Gasteiger partial charge in [-0.3, -0.25) is 14.9 Å². The van der Waals surface area contributed by atoms with E-state index in [9.17, 15) is 18.0 Å². The highest BCUT2D eigenvalue weighted by Crippen LogP contribution is 2.35. The number of amides is 1. The first-order valence-corrected chi connectivity index (χ1v) is 7.00. The Labute approximate surface area is 127 Å². The van der Waals surface area contributed by atoms with Gasteiger partial charge in [0, 0.05) is 13.1 Å². The predicted octanol–water partition coefficient (Wildman–Crippen LogP) is 1.34. The molecule has 0 radical (unpaired) electrons. The van der Waals surface area contributed by atoms with Crippen molar-refractivity contribution in [2.24, 2.45) is 0 Å². The summed E-state index contributed by atoms with van der Waals surface area (Å²) in [6.07, 6.45) is -4.56. The summed E-state index contributed by atoms with van der Waals surface area (Å²) in [4.78, 5) is 11.9. The number of carbonyl (C=O) groups is 1. The smallest absolute Gasteiger partial charge is 0.379 e. The first-order valence-electron chi connectivity index (χ1n) is 6.21. The van der Waals surface area contributed by atoms with E-state index in [0.29, 0.717) is 26.3 Å². The molecule has 0 aromatic carbocycles. The number of hydrazine groups is 1. The Morgan fingerprint density at radius 2 is 2.05 bits per heavy atom. The largest absolute Gasteiger partial charge is 0.436 e. The minimum absolute atomic E-state index is 0.144. The van der Waals surface area contributed by atoms with Gasteiger partial charge in [-0.25, -0.2) is 5.01 Å². The normalized spacial score (nSPS) is 17.0. The van der Waals surface area contributed by atoms with Crippen LogP contribution in [0.5, 0.6) is 0 Å². The molecule has 1 saturated heterocycles. The molecule has 2 heterocycles. The monoisotopic (exact) mass is 370 g/mol. The zero-order chi connectivity index (χ0) is 15.6. The number of rotatable bonds is 3. The van der Waals surface area contributed by atoms with Crippen LogP contribution in [0.4, 0.5) is 13.2 Å². The maximum absolute atomic E-state index is 12.7. The van der Waals surface area contributed by atoms with Crippen LogP contribution in [-0.2, 0) is 22.3 Å². The molecule has 2 rings (SSSR count). The van der Waals surface area contributed by atoms with Gasteiger partial charge in [-0.1, -0.05) is 0 Å². The Morgan fingerprint density at radius 1 is 1.43 bits per heavy atom. The molecule has 1 amide bonds. The predicted molar refractivity (Wildman–Crippen MR) is 70.2 cm³/mol. The van der Waals surface area contributed by atoms with Crippen molar-refractivity contribution in [1.29, 1.82) is 0 Å². The third-order valence-corrected chi connectivity index (χ3v) is 3.94. The van der Waals surface area contributed by atoms with Crippen LogP contribution < -0.4 is 5.43 Å². The molecule has 1 aromatic rings. The number of hydrogen-bond acceptors (Lipinski definition) is 4. The summed E-state index contributed by atoms with van der Waals surface area (Å²) in [5.41, 5.74) is 1.84. The van der Waals surface area contributed by atoms with Gasteiger partial charge in [-0.2, -0.15) is 18.3 Å². The number of carbonyl (C=O) groups excluding carboxylic acids is 1. The molecule has 1 aromatic heterocycles. The molecule has 0 unspecified atom stereocenters. The first kappa shape index (κ1) is 16.2. The summed E-state index contributed by atoms with van der Waals surface area (Å²) in [6, 6.07) is 0. The molecule has 0 atom stereocenters. The fourth-order valence-electron chi connectivity index (χ4n) is 1.88. The number of alkyl halides is 3. The fourth-order valence-corrected chi connectivity index (χ4v) is 2.39. The second-order valence-corrected chi connectivity index (χ2v) is 5.33. The molecule has 10 heteroatoms. The quantitative estimate of drug-likeness (QED) is 0.872. The number of morpholine rings is 1. The standard InChI is InChI=1S/C11H14BrF3N4O2/c1-7-9(12)10(11(13,14)15)17-19(7)6-8(20)16-18-2-4-21-5-3-18/h2-6H2,1H3,(H,16,20). The summed E-state index contributed by atoms with van der Waals surface area (Å²) in [6.45, 7) is 3.28. The van der Waals surface area contributed by atoms with Crippen LogP contribution in [0.3, 0.4) is 0 Å². The van der Waals surface area contributed by atoms with Gasteiger partial charge >= 0.3 is 6.18 Å². The zero-order valence-electron chi connectivity index (χ0n) is 11.2. The van der Waals surface area contributed by atoms with Crippen molar-refractivity contribution in [2.45, 2.75) is 19.6 Å². The number of nitrogens with zero attached hydrogens (tertiary/aromatic N) is 3. The zero-order valence-corrected chi connectivity index (χ0v) is 12.8. The van der Waals surface area contributed by atoms with Crippen molar-refractivity contribution < 1.29 is 22.7 Å². The molecule has 6 nitrogen and oxygen atoms in total. The SMILES string of the molecule is Cc1c(Br)c(C(F)(F)F)nn1CC(=O)NN1CCOCC1. The maximum atomic E-state index is 12.7. The molecular formula is C11H14BrF3N4O2. The van der Waals surface area contributed by atoms with Crippen LogP contribution in [-0.4, -0.2) is 47.0 Å². The van der Waals surface area contributed by atoms with Crippen molar-refractivity contribution in [2.75, 3.05) is 26.3 Å². The third-order valence-electron chi connectivity index (χ3n) is 2.99. The lowest BCUT2D eigenvalue weighted by molar-refractivity contribution is -0.142. The molecule has 1 N–H and O–H groups in total. The molecule has 0 saturated carbocycles. The van der Waals surface area contributed by atoms with Crippen molar-refractivity contribution >= 4 is 21.8 Å². The van der Waals surface area contributed by atoms with E-state index in [2.05, 4.69) is 26.5 Å². The van der Waals surface area contributed by atoms with Crippen LogP contribution in [0.15, 0.2) is 4.47 Å². The van der Waals surface area contributed by atoms with E-state index in [1.807, 2.05) is 0 Å². The van der Waals surface area contributed by atoms with Gasteiger partial charge in [0.2, 0.25) is 0 Å². The summed E-state index contributed by atoms with van der Waals surface area (Å²) in [7, 11) is 0. The fraction of sp³-hybridized carbons (Fsp3) is 0.636. The Hall–Kier alpha value is -1.13. The molecule has 1 aliphatic heterocycles. The van der Waals surface area contributed by atoms with Crippen molar-refractivity contribution in [3.8, 4) is 0 Å². The number of ether oxygens (including phenoxy) is 1. The molecule has 0 aliphatic carbocycles. The van der Waals surface area contributed by atoms with E-state index in [1.54, 1.807) is 5.01 Å². The number of halogens is 4. The van der Waals surface area contributed by atoms with Crippen LogP contribution in [0.1, 0.15) is 11.4 Å². The van der Waals surface area contributed by atoms with Crippen LogP contribution in [0.25, 0.3) is 0 Å². The van der Waals surface area contributed by atoms with Crippen molar-refractivity contribution in [1.82, 2.24) is 20.2 Å². The van der Waals surface area contributed by atoms with Gasteiger partial charge in [-0.15, -0.1) is 0 Å². The van der Waals surface area contributed by atoms with Gasteiger partial charge in [0.15, 0.2) is 5.69 Å². The van der Waals surface area contributed by atoms with Gasteiger partial charge in [-0.05, 0) is 22.9 Å². The van der Waals surface area contributed by atoms with E-state index in [-0.39, 0.29) is 16.7 Å². The van der Waals surface area contributed by atoms with E-state index >= 15 is 0 Å². The molecule has 0 bridgehead atoms. The van der Waals surface area contributed by atoms with Crippen molar-refractivity contribution in [3.63, 3.8) is 0 Å². The molecule has 1 fully saturated rings. The lowest BCUT2D eigenvalue weighted by Gasteiger charge is -2.26. The maximum Gasteiger partial charge on any atom is 0.436 e. The molecule has 118 valence electrons. The van der Waals surface area contributed by atoms with E-state index in [4.69, 9.17) is 4.74 Å². The summed E-state index contributed by atoms with van der Waals surface area (Å²) in [5, 5.41) is 5.13. The second kappa shape index (κ2) is 6.32. The van der Waals surface area contributed by atoms with Gasteiger partial charge in [0.25, 0.3) is 5.91 Å². The second-order valence-electron chi connectivity index (χ2n) is 4.54. The number of aromatic nitrogens is 2.